The second-order valence-corrected chi connectivity index (χ2v) is 30.2. The standard InChI is InChI=1S/C67H100O10/c1-59(2,3)45-29-41(30-46(55(45)70)60(4,5)6)25-27-53(68)76-39-67(37-74-43-33-49(63(13,14)15)57(72)50(34-43)64(16,17)18,38-75-44-35-51(65(19,20)21)58(73)52(36-44)66(22,23)24)40-77-54(69)28-26-42-31-47(61(7,8)9)56(71)48(32-42)62(10,11)12/h29-36,70-73H,25-28,37-40H2,1-24H3. The van der Waals surface area contributed by atoms with E-state index in [1.54, 1.807) is 0 Å². The number of aromatic hydroxyl groups is 4. The molecule has 0 aliphatic rings. The van der Waals surface area contributed by atoms with Gasteiger partial charge in [0.2, 0.25) is 0 Å². The Kier molecular flexibility index (Phi) is 19.0. The van der Waals surface area contributed by atoms with Crippen LogP contribution in [0.5, 0.6) is 34.5 Å². The molecule has 0 radical (unpaired) electrons. The van der Waals surface area contributed by atoms with Gasteiger partial charge in [0.05, 0.1) is 0 Å². The predicted octanol–water partition coefficient (Wildman–Crippen LogP) is 15.7. The third kappa shape index (κ3) is 16.8. The summed E-state index contributed by atoms with van der Waals surface area (Å²) in [6.07, 6.45) is 0.753. The number of aryl methyl sites for hydroxylation is 2. The Bertz CT molecular complexity index is 2410. The molecule has 0 aliphatic heterocycles. The van der Waals surface area contributed by atoms with E-state index in [0.29, 0.717) is 46.6 Å². The van der Waals surface area contributed by atoms with Crippen LogP contribution >= 0.6 is 0 Å². The Morgan fingerprint density at radius 2 is 0.519 bits per heavy atom. The Morgan fingerprint density at radius 1 is 0.325 bits per heavy atom. The molecule has 0 saturated heterocycles. The van der Waals surface area contributed by atoms with Crippen molar-refractivity contribution in [2.75, 3.05) is 26.4 Å². The molecular weight excluding hydrogens is 965 g/mol. The smallest absolute Gasteiger partial charge is 0.306 e. The molecule has 4 aromatic carbocycles. The summed E-state index contributed by atoms with van der Waals surface area (Å²) >= 11 is 0. The van der Waals surface area contributed by atoms with Gasteiger partial charge in [0.15, 0.2) is 0 Å². The number of carbonyl (C=O) groups is 2. The zero-order valence-electron chi connectivity index (χ0n) is 52.0. The minimum atomic E-state index is -1.32. The number of rotatable bonds is 16. The maximum absolute atomic E-state index is 14.2. The van der Waals surface area contributed by atoms with Crippen LogP contribution in [0.2, 0.25) is 0 Å². The molecule has 10 heteroatoms. The molecule has 0 amide bonds. The first-order valence-corrected chi connectivity index (χ1v) is 27.7. The third-order valence-corrected chi connectivity index (χ3v) is 14.4. The van der Waals surface area contributed by atoms with Crippen LogP contribution in [0, 0.1) is 5.41 Å². The van der Waals surface area contributed by atoms with Gasteiger partial charge in [0.25, 0.3) is 0 Å². The zero-order valence-corrected chi connectivity index (χ0v) is 52.0. The lowest BCUT2D eigenvalue weighted by atomic mass is 9.78. The van der Waals surface area contributed by atoms with E-state index in [1.165, 1.54) is 0 Å². The number of phenols is 4. The fourth-order valence-corrected chi connectivity index (χ4v) is 9.46. The lowest BCUT2D eigenvalue weighted by Gasteiger charge is -2.34. The number of esters is 2. The average Bonchev–Trinajstić information content (AvgIpc) is 3.25. The average molecular weight is 1070 g/mol. The molecule has 0 spiro atoms. The van der Waals surface area contributed by atoms with Crippen molar-refractivity contribution in [3.63, 3.8) is 0 Å². The van der Waals surface area contributed by atoms with E-state index < -0.39 is 39.0 Å². The summed E-state index contributed by atoms with van der Waals surface area (Å²) in [6, 6.07) is 15.2. The molecule has 77 heavy (non-hydrogen) atoms. The van der Waals surface area contributed by atoms with E-state index in [2.05, 4.69) is 83.1 Å². The summed E-state index contributed by atoms with van der Waals surface area (Å²) in [5.41, 5.74) is 3.22. The van der Waals surface area contributed by atoms with Crippen molar-refractivity contribution in [3.8, 4) is 34.5 Å². The molecule has 0 aliphatic carbocycles. The van der Waals surface area contributed by atoms with Gasteiger partial charge in [-0.3, -0.25) is 9.59 Å². The topological polar surface area (TPSA) is 152 Å². The van der Waals surface area contributed by atoms with Crippen molar-refractivity contribution in [2.45, 2.75) is 235 Å². The number of hydrogen-bond acceptors (Lipinski definition) is 10. The number of benzene rings is 4. The van der Waals surface area contributed by atoms with E-state index >= 15 is 0 Å². The highest BCUT2D eigenvalue weighted by atomic mass is 16.6. The highest BCUT2D eigenvalue weighted by Gasteiger charge is 2.39. The van der Waals surface area contributed by atoms with Crippen molar-refractivity contribution in [2.24, 2.45) is 5.41 Å². The van der Waals surface area contributed by atoms with Gasteiger partial charge in [-0.1, -0.05) is 190 Å². The number of hydrogen-bond donors (Lipinski definition) is 4. The molecule has 0 atom stereocenters. The molecule has 10 nitrogen and oxygen atoms in total. The second kappa shape index (κ2) is 22.8. The van der Waals surface area contributed by atoms with Gasteiger partial charge >= 0.3 is 11.9 Å². The van der Waals surface area contributed by atoms with Gasteiger partial charge in [0.1, 0.15) is 66.3 Å². The molecule has 4 aromatic rings. The van der Waals surface area contributed by atoms with Crippen LogP contribution in [0.4, 0.5) is 0 Å². The van der Waals surface area contributed by atoms with Crippen molar-refractivity contribution >= 4 is 11.9 Å². The van der Waals surface area contributed by atoms with Crippen LogP contribution in [-0.4, -0.2) is 58.8 Å². The fraction of sp³-hybridized carbons (Fsp3) is 0.612. The largest absolute Gasteiger partial charge is 0.507 e. The molecule has 4 N–H and O–H groups in total. The van der Waals surface area contributed by atoms with Crippen molar-refractivity contribution < 1.29 is 49.0 Å². The maximum atomic E-state index is 14.2. The summed E-state index contributed by atoms with van der Waals surface area (Å²) in [5, 5.41) is 46.2. The van der Waals surface area contributed by atoms with E-state index in [-0.39, 0.29) is 83.9 Å². The van der Waals surface area contributed by atoms with E-state index in [1.807, 2.05) is 132 Å². The number of ether oxygens (including phenoxy) is 4. The van der Waals surface area contributed by atoms with Crippen LogP contribution in [0.1, 0.15) is 235 Å². The van der Waals surface area contributed by atoms with Crippen LogP contribution in [0.25, 0.3) is 0 Å². The Balaban J connectivity index is 1.87. The molecule has 0 unspecified atom stereocenters. The van der Waals surface area contributed by atoms with Gasteiger partial charge in [-0.15, -0.1) is 0 Å². The van der Waals surface area contributed by atoms with Crippen LogP contribution in [-0.2, 0) is 75.2 Å². The monoisotopic (exact) mass is 1060 g/mol. The summed E-state index contributed by atoms with van der Waals surface area (Å²) in [4.78, 5) is 28.4. The molecule has 4 rings (SSSR count). The summed E-state index contributed by atoms with van der Waals surface area (Å²) in [5.74, 6) is 0.904. The van der Waals surface area contributed by atoms with Gasteiger partial charge in [-0.2, -0.15) is 0 Å². The molecule has 0 bridgehead atoms. The molecule has 0 fully saturated rings. The molecule has 428 valence electrons. The van der Waals surface area contributed by atoms with Crippen molar-refractivity contribution in [1.29, 1.82) is 0 Å². The predicted molar refractivity (Wildman–Crippen MR) is 314 cm³/mol. The van der Waals surface area contributed by atoms with Gasteiger partial charge < -0.3 is 39.4 Å². The summed E-state index contributed by atoms with van der Waals surface area (Å²) in [6.45, 7) is 48.2. The molecule has 0 aromatic heterocycles. The maximum Gasteiger partial charge on any atom is 0.306 e. The molecule has 0 heterocycles. The van der Waals surface area contributed by atoms with Crippen molar-refractivity contribution in [3.05, 3.63) is 104 Å². The highest BCUT2D eigenvalue weighted by Crippen LogP contribution is 2.46. The van der Waals surface area contributed by atoms with E-state index in [9.17, 15) is 30.0 Å². The summed E-state index contributed by atoms with van der Waals surface area (Å²) in [7, 11) is 0. The third-order valence-electron chi connectivity index (χ3n) is 14.4. The Labute approximate surface area is 464 Å². The van der Waals surface area contributed by atoms with Crippen LogP contribution < -0.4 is 9.47 Å². The zero-order chi connectivity index (χ0) is 59.0. The second-order valence-electron chi connectivity index (χ2n) is 30.2. The van der Waals surface area contributed by atoms with Crippen molar-refractivity contribution in [1.82, 2.24) is 0 Å². The van der Waals surface area contributed by atoms with E-state index in [0.717, 1.165) is 33.4 Å². The minimum absolute atomic E-state index is 0.0267. The highest BCUT2D eigenvalue weighted by molar-refractivity contribution is 5.71. The lowest BCUT2D eigenvalue weighted by molar-refractivity contribution is -0.157. The SMILES string of the molecule is CC(C)(C)c1cc(CCC(=O)OCC(COC(=O)CCc2cc(C(C)(C)C)c(O)c(C(C)(C)C)c2)(COc2cc(C(C)(C)C)c(O)c(C(C)(C)C)c2)COc2cc(C(C)(C)C)c(O)c(C(C)(C)C)c2)cc(C(C)(C)C)c1O. The normalized spacial score (nSPS) is 13.4. The quantitative estimate of drug-likeness (QED) is 0.0798. The van der Waals surface area contributed by atoms with Crippen LogP contribution in [0.15, 0.2) is 48.5 Å². The Hall–Kier alpha value is -5.38. The number of carbonyl (C=O) groups excluding carboxylic acids is 2. The first-order valence-electron chi connectivity index (χ1n) is 27.7. The fourth-order valence-electron chi connectivity index (χ4n) is 9.46. The van der Waals surface area contributed by atoms with Gasteiger partial charge in [-0.05, 0) is 114 Å². The first-order chi connectivity index (χ1) is 34.7. The molecular formula is C67H100O10. The summed E-state index contributed by atoms with van der Waals surface area (Å²) < 4.78 is 26.2. The first kappa shape index (κ1) is 64.1. The molecule has 0 saturated carbocycles. The van der Waals surface area contributed by atoms with Gasteiger partial charge in [-0.25, -0.2) is 0 Å². The van der Waals surface area contributed by atoms with Crippen LogP contribution in [0.3, 0.4) is 0 Å². The number of phenolic OH excluding ortho intramolecular Hbond substituents is 4. The van der Waals surface area contributed by atoms with Gasteiger partial charge in [0, 0.05) is 35.1 Å². The Morgan fingerprint density at radius 3 is 0.714 bits per heavy atom. The van der Waals surface area contributed by atoms with E-state index in [4.69, 9.17) is 18.9 Å². The minimum Gasteiger partial charge on any atom is -0.507 e. The lowest BCUT2D eigenvalue weighted by Crippen LogP contribution is -2.44.